The van der Waals surface area contributed by atoms with Gasteiger partial charge in [0.15, 0.2) is 6.61 Å². The number of urea groups is 1. The van der Waals surface area contributed by atoms with Crippen LogP contribution in [0.5, 0.6) is 11.5 Å². The van der Waals surface area contributed by atoms with Crippen LogP contribution in [0.1, 0.15) is 22.3 Å². The smallest absolute Gasteiger partial charge is 0.335 e. The van der Waals surface area contributed by atoms with Crippen LogP contribution in [0, 0.1) is 13.8 Å². The Hall–Kier alpha value is -5.41. The van der Waals surface area contributed by atoms with E-state index in [2.05, 4.69) is 10.6 Å². The highest BCUT2D eigenvalue weighted by Gasteiger charge is 2.36. The first-order valence-corrected chi connectivity index (χ1v) is 14.0. The van der Waals surface area contributed by atoms with Crippen LogP contribution in [0.2, 0.25) is 5.02 Å². The lowest BCUT2D eigenvalue weighted by Gasteiger charge is -2.26. The summed E-state index contributed by atoms with van der Waals surface area (Å²) in [6.45, 7) is 3.96. The molecular formula is C34H28ClN3O6. The van der Waals surface area contributed by atoms with Gasteiger partial charge in [0.2, 0.25) is 0 Å². The minimum absolute atomic E-state index is 0.168. The van der Waals surface area contributed by atoms with Gasteiger partial charge in [-0.05, 0) is 84.6 Å². The molecule has 0 unspecified atom stereocenters. The summed E-state index contributed by atoms with van der Waals surface area (Å²) in [4.78, 5) is 51.9. The maximum Gasteiger partial charge on any atom is 0.335 e. The summed E-state index contributed by atoms with van der Waals surface area (Å²) in [7, 11) is 0. The van der Waals surface area contributed by atoms with Crippen molar-refractivity contribution in [2.45, 2.75) is 20.5 Å². The van der Waals surface area contributed by atoms with Crippen LogP contribution < -0.4 is 25.0 Å². The van der Waals surface area contributed by atoms with Crippen LogP contribution in [-0.4, -0.2) is 30.4 Å². The summed E-state index contributed by atoms with van der Waals surface area (Å²) in [6, 6.07) is 25.4. The lowest BCUT2D eigenvalue weighted by atomic mass is 10.1. The third kappa shape index (κ3) is 6.96. The maximum absolute atomic E-state index is 13.3. The predicted octanol–water partition coefficient (Wildman–Crippen LogP) is 6.22. The number of carbonyl (C=O) groups excluding carboxylic acids is 4. The Balaban J connectivity index is 1.25. The van der Waals surface area contributed by atoms with Crippen molar-refractivity contribution in [2.24, 2.45) is 0 Å². The number of nitrogens with zero attached hydrogens (tertiary/aromatic N) is 1. The summed E-state index contributed by atoms with van der Waals surface area (Å²) in [5.41, 5.74) is 4.12. The van der Waals surface area contributed by atoms with E-state index >= 15 is 0 Å². The lowest BCUT2D eigenvalue weighted by molar-refractivity contribution is -0.122. The van der Waals surface area contributed by atoms with Gasteiger partial charge < -0.3 is 14.8 Å². The van der Waals surface area contributed by atoms with E-state index in [1.54, 1.807) is 30.3 Å². The maximum atomic E-state index is 13.3. The molecule has 4 aromatic carbocycles. The van der Waals surface area contributed by atoms with Crippen LogP contribution in [0.15, 0.2) is 96.6 Å². The van der Waals surface area contributed by atoms with Crippen LogP contribution in [-0.2, 0) is 21.0 Å². The number of carbonyl (C=O) groups is 4. The highest BCUT2D eigenvalue weighted by molar-refractivity contribution is 6.39. The number of imide groups is 2. The molecule has 44 heavy (non-hydrogen) atoms. The van der Waals surface area contributed by atoms with Crippen molar-refractivity contribution in [1.29, 1.82) is 0 Å². The van der Waals surface area contributed by atoms with Crippen LogP contribution >= 0.6 is 11.6 Å². The van der Waals surface area contributed by atoms with Gasteiger partial charge in [0, 0.05) is 5.69 Å². The Kier molecular flexibility index (Phi) is 9.06. The molecule has 0 bridgehead atoms. The number of hydrogen-bond donors (Lipinski definition) is 2. The second-order valence-corrected chi connectivity index (χ2v) is 10.4. The number of hydrogen-bond acceptors (Lipinski definition) is 6. The van der Waals surface area contributed by atoms with Gasteiger partial charge in [-0.1, -0.05) is 60.1 Å². The zero-order valence-electron chi connectivity index (χ0n) is 23.9. The molecule has 0 aliphatic carbocycles. The van der Waals surface area contributed by atoms with Crippen molar-refractivity contribution in [3.8, 4) is 11.5 Å². The highest BCUT2D eigenvalue weighted by Crippen LogP contribution is 2.29. The predicted molar refractivity (Wildman–Crippen MR) is 168 cm³/mol. The molecule has 5 amide bonds. The molecule has 222 valence electrons. The van der Waals surface area contributed by atoms with E-state index in [0.29, 0.717) is 23.6 Å². The van der Waals surface area contributed by atoms with E-state index in [0.717, 1.165) is 21.6 Å². The Bertz CT molecular complexity index is 1770. The second kappa shape index (κ2) is 13.3. The summed E-state index contributed by atoms with van der Waals surface area (Å²) in [6.07, 6.45) is 1.33. The molecular weight excluding hydrogens is 582 g/mol. The van der Waals surface area contributed by atoms with Crippen molar-refractivity contribution in [3.63, 3.8) is 0 Å². The summed E-state index contributed by atoms with van der Waals surface area (Å²) in [5, 5.41) is 5.19. The first-order valence-electron chi connectivity index (χ1n) is 13.7. The minimum Gasteiger partial charge on any atom is -0.489 e. The largest absolute Gasteiger partial charge is 0.489 e. The SMILES string of the molecule is Cc1cccc(NC(=O)COc2ccc(/C=C3/C(=O)NC(=O)N(c4ccc(OCc5ccccc5)cc4)C3=O)cc2Cl)c1C. The lowest BCUT2D eigenvalue weighted by Crippen LogP contribution is -2.54. The molecule has 4 aromatic rings. The van der Waals surface area contributed by atoms with Crippen molar-refractivity contribution in [3.05, 3.63) is 124 Å². The average Bonchev–Trinajstić information content (AvgIpc) is 3.01. The van der Waals surface area contributed by atoms with Gasteiger partial charge in [-0.25, -0.2) is 9.69 Å². The Morgan fingerprint density at radius 3 is 2.39 bits per heavy atom. The number of nitrogens with one attached hydrogen (secondary N) is 2. The van der Waals surface area contributed by atoms with Gasteiger partial charge in [0.25, 0.3) is 17.7 Å². The fraction of sp³-hybridized carbons (Fsp3) is 0.118. The van der Waals surface area contributed by atoms with E-state index in [4.69, 9.17) is 21.1 Å². The minimum atomic E-state index is -0.865. The number of barbiturate groups is 1. The molecule has 0 aromatic heterocycles. The molecule has 0 radical (unpaired) electrons. The fourth-order valence-electron chi connectivity index (χ4n) is 4.43. The molecule has 0 spiro atoms. The first-order chi connectivity index (χ1) is 21.2. The first kappa shape index (κ1) is 30.1. The zero-order valence-corrected chi connectivity index (χ0v) is 24.7. The Morgan fingerprint density at radius 1 is 0.909 bits per heavy atom. The van der Waals surface area contributed by atoms with E-state index in [9.17, 15) is 19.2 Å². The van der Waals surface area contributed by atoms with E-state index in [1.165, 1.54) is 18.2 Å². The second-order valence-electron chi connectivity index (χ2n) is 10.0. The number of rotatable bonds is 9. The van der Waals surface area contributed by atoms with Gasteiger partial charge >= 0.3 is 6.03 Å². The molecule has 0 atom stereocenters. The quantitative estimate of drug-likeness (QED) is 0.172. The topological polar surface area (TPSA) is 114 Å². The fourth-order valence-corrected chi connectivity index (χ4v) is 4.67. The third-order valence-corrected chi connectivity index (χ3v) is 7.24. The van der Waals surface area contributed by atoms with E-state index < -0.39 is 17.8 Å². The van der Waals surface area contributed by atoms with Gasteiger partial charge in [0.05, 0.1) is 10.7 Å². The van der Waals surface area contributed by atoms with Gasteiger partial charge in [-0.2, -0.15) is 0 Å². The van der Waals surface area contributed by atoms with Gasteiger partial charge in [-0.3, -0.25) is 19.7 Å². The number of aryl methyl sites for hydroxylation is 1. The molecule has 9 nitrogen and oxygen atoms in total. The average molecular weight is 610 g/mol. The zero-order chi connectivity index (χ0) is 31.2. The number of ether oxygens (including phenoxy) is 2. The Morgan fingerprint density at radius 2 is 1.66 bits per heavy atom. The van der Waals surface area contributed by atoms with Crippen molar-refractivity contribution in [2.75, 3.05) is 16.8 Å². The molecule has 1 heterocycles. The van der Waals surface area contributed by atoms with Gasteiger partial charge in [0.1, 0.15) is 23.7 Å². The Labute approximate surface area is 259 Å². The van der Waals surface area contributed by atoms with Crippen LogP contribution in [0.4, 0.5) is 16.2 Å². The highest BCUT2D eigenvalue weighted by atomic mass is 35.5. The molecule has 5 rings (SSSR count). The molecule has 1 aliphatic heterocycles. The number of anilines is 2. The molecule has 2 N–H and O–H groups in total. The van der Waals surface area contributed by atoms with Crippen LogP contribution in [0.3, 0.4) is 0 Å². The van der Waals surface area contributed by atoms with Crippen molar-refractivity contribution < 1.29 is 28.7 Å². The summed E-state index contributed by atoms with van der Waals surface area (Å²) >= 11 is 6.39. The van der Waals surface area contributed by atoms with Crippen LogP contribution in [0.25, 0.3) is 6.08 Å². The van der Waals surface area contributed by atoms with E-state index in [-0.39, 0.29) is 34.5 Å². The number of amides is 5. The third-order valence-electron chi connectivity index (χ3n) is 6.95. The number of halogens is 1. The van der Waals surface area contributed by atoms with Crippen molar-refractivity contribution >= 4 is 52.8 Å². The monoisotopic (exact) mass is 609 g/mol. The molecule has 10 heteroatoms. The van der Waals surface area contributed by atoms with Gasteiger partial charge in [-0.15, -0.1) is 0 Å². The van der Waals surface area contributed by atoms with E-state index in [1.807, 2.05) is 62.4 Å². The number of benzene rings is 4. The summed E-state index contributed by atoms with van der Waals surface area (Å²) < 4.78 is 11.4. The van der Waals surface area contributed by atoms with Crippen molar-refractivity contribution in [1.82, 2.24) is 5.32 Å². The standard InChI is InChI=1S/C34H28ClN3O6/c1-21-7-6-10-29(22(21)2)36-31(39)20-44-30-16-11-24(18-28(30)35)17-27-32(40)37-34(42)38(33(27)41)25-12-14-26(15-13-25)43-19-23-8-4-3-5-9-23/h3-18H,19-20H2,1-2H3,(H,36,39)(H,37,40,42)/b27-17-. The molecule has 1 aliphatic rings. The normalized spacial score (nSPS) is 13.9. The molecule has 1 saturated heterocycles. The molecule has 0 saturated carbocycles. The molecule has 1 fully saturated rings. The summed E-state index contributed by atoms with van der Waals surface area (Å²) in [5.74, 6) is -1.19.